The van der Waals surface area contributed by atoms with Gasteiger partial charge in [0.05, 0.1) is 22.2 Å². The summed E-state index contributed by atoms with van der Waals surface area (Å²) in [7, 11) is 0. The molecule has 8 heteroatoms. The summed E-state index contributed by atoms with van der Waals surface area (Å²) >= 11 is 18.8. The van der Waals surface area contributed by atoms with E-state index in [4.69, 9.17) is 35.4 Å². The molecule has 2 saturated heterocycles. The molecule has 2 aliphatic rings. The molecule has 3 rings (SSSR count). The van der Waals surface area contributed by atoms with E-state index < -0.39 is 6.04 Å². The fourth-order valence-electron chi connectivity index (χ4n) is 2.47. The summed E-state index contributed by atoms with van der Waals surface area (Å²) in [6.07, 6.45) is 0.113. The number of thiocarbonyl (C=S) groups is 1. The second-order valence-corrected chi connectivity index (χ2v) is 7.18. The lowest BCUT2D eigenvalue weighted by molar-refractivity contribution is -0.122. The summed E-state index contributed by atoms with van der Waals surface area (Å²) in [5.41, 5.74) is 0.333. The van der Waals surface area contributed by atoms with Gasteiger partial charge in [-0.15, -0.1) is 0 Å². The Morgan fingerprint density at radius 3 is 2.71 bits per heavy atom. The molecule has 0 aromatic heterocycles. The van der Waals surface area contributed by atoms with E-state index >= 15 is 0 Å². The van der Waals surface area contributed by atoms with Crippen molar-refractivity contribution in [1.29, 1.82) is 0 Å². The van der Waals surface area contributed by atoms with Crippen LogP contribution in [0.25, 0.3) is 0 Å². The minimum absolute atomic E-state index is 0.113. The van der Waals surface area contributed by atoms with Crippen molar-refractivity contribution in [3.8, 4) is 0 Å². The number of rotatable bonds is 2. The zero-order valence-electron chi connectivity index (χ0n) is 10.7. The summed E-state index contributed by atoms with van der Waals surface area (Å²) in [6.45, 7) is 0.685. The molecule has 1 aromatic carbocycles. The van der Waals surface area contributed by atoms with Crippen LogP contribution in [0.3, 0.4) is 0 Å². The van der Waals surface area contributed by atoms with Crippen LogP contribution in [0.5, 0.6) is 0 Å². The number of thioether (sulfide) groups is 1. The summed E-state index contributed by atoms with van der Waals surface area (Å²) < 4.78 is 0.667. The second kappa shape index (κ2) is 5.76. The van der Waals surface area contributed by atoms with Crippen molar-refractivity contribution in [2.45, 2.75) is 12.5 Å². The van der Waals surface area contributed by atoms with Gasteiger partial charge in [-0.3, -0.25) is 9.59 Å². The van der Waals surface area contributed by atoms with Crippen LogP contribution < -0.4 is 4.90 Å². The molecular weight excluding hydrogens is 351 g/mol. The Labute approximate surface area is 141 Å². The Morgan fingerprint density at radius 2 is 2.05 bits per heavy atom. The number of halogens is 2. The van der Waals surface area contributed by atoms with Crippen LogP contribution in [0.2, 0.25) is 10.0 Å². The SMILES string of the molecule is O=C1CC(N2CCSC2=S)C(=O)N1c1cccc(Cl)c1Cl. The zero-order valence-corrected chi connectivity index (χ0v) is 13.9. The molecule has 2 fully saturated rings. The Hall–Kier alpha value is -0.820. The smallest absolute Gasteiger partial charge is 0.257 e. The minimum atomic E-state index is -0.532. The first-order valence-electron chi connectivity index (χ1n) is 6.25. The molecule has 0 radical (unpaired) electrons. The highest BCUT2D eigenvalue weighted by atomic mass is 35.5. The van der Waals surface area contributed by atoms with Gasteiger partial charge in [0.15, 0.2) is 0 Å². The molecule has 1 atom stereocenters. The van der Waals surface area contributed by atoms with Crippen molar-refractivity contribution in [3.63, 3.8) is 0 Å². The highest BCUT2D eigenvalue weighted by Crippen LogP contribution is 2.36. The van der Waals surface area contributed by atoms with E-state index in [0.717, 1.165) is 10.7 Å². The van der Waals surface area contributed by atoms with Crippen molar-refractivity contribution in [2.24, 2.45) is 0 Å². The van der Waals surface area contributed by atoms with E-state index in [1.807, 2.05) is 4.90 Å². The predicted octanol–water partition coefficient (Wildman–Crippen LogP) is 2.96. The number of nitrogens with zero attached hydrogens (tertiary/aromatic N) is 2. The van der Waals surface area contributed by atoms with Crippen LogP contribution in [0.1, 0.15) is 6.42 Å². The number of imide groups is 1. The van der Waals surface area contributed by atoms with Gasteiger partial charge in [-0.25, -0.2) is 4.90 Å². The summed E-state index contributed by atoms with van der Waals surface area (Å²) in [4.78, 5) is 27.8. The van der Waals surface area contributed by atoms with Crippen LogP contribution >= 0.6 is 47.2 Å². The number of carbonyl (C=O) groups excluding carboxylic acids is 2. The standard InChI is InChI=1S/C13H10Cl2N2O2S2/c14-7-2-1-3-8(11(7)15)17-10(18)6-9(12(17)19)16-4-5-21-13(16)20/h1-3,9H,4-6H2. The van der Waals surface area contributed by atoms with Gasteiger partial charge in [-0.05, 0) is 12.1 Å². The van der Waals surface area contributed by atoms with Crippen LogP contribution in [0, 0.1) is 0 Å². The quantitative estimate of drug-likeness (QED) is 0.598. The predicted molar refractivity (Wildman–Crippen MR) is 89.1 cm³/mol. The third-order valence-electron chi connectivity index (χ3n) is 3.46. The first-order valence-corrected chi connectivity index (χ1v) is 8.40. The van der Waals surface area contributed by atoms with Gasteiger partial charge >= 0.3 is 0 Å². The monoisotopic (exact) mass is 360 g/mol. The molecule has 2 aliphatic heterocycles. The largest absolute Gasteiger partial charge is 0.344 e. The van der Waals surface area contributed by atoms with E-state index in [2.05, 4.69) is 0 Å². The molecule has 1 aromatic rings. The summed E-state index contributed by atoms with van der Waals surface area (Å²) in [5.74, 6) is 0.261. The highest BCUT2D eigenvalue weighted by Gasteiger charge is 2.45. The molecule has 0 N–H and O–H groups in total. The highest BCUT2D eigenvalue weighted by molar-refractivity contribution is 8.23. The topological polar surface area (TPSA) is 40.6 Å². The molecule has 1 unspecified atom stereocenters. The van der Waals surface area contributed by atoms with Crippen molar-refractivity contribution < 1.29 is 9.59 Å². The fraction of sp³-hybridized carbons (Fsp3) is 0.308. The van der Waals surface area contributed by atoms with Crippen LogP contribution in [-0.4, -0.2) is 39.4 Å². The molecule has 2 heterocycles. The average Bonchev–Trinajstić information content (AvgIpc) is 2.98. The maximum atomic E-state index is 12.6. The van der Waals surface area contributed by atoms with Crippen molar-refractivity contribution in [1.82, 2.24) is 4.90 Å². The Morgan fingerprint density at radius 1 is 1.29 bits per heavy atom. The molecule has 21 heavy (non-hydrogen) atoms. The van der Waals surface area contributed by atoms with Gasteiger partial charge in [-0.2, -0.15) is 0 Å². The molecule has 0 saturated carbocycles. The van der Waals surface area contributed by atoms with E-state index in [1.165, 1.54) is 11.8 Å². The van der Waals surface area contributed by atoms with E-state index in [1.54, 1.807) is 18.2 Å². The molecule has 2 amide bonds. The maximum Gasteiger partial charge on any atom is 0.257 e. The molecule has 0 aliphatic carbocycles. The first kappa shape index (κ1) is 15.1. The minimum Gasteiger partial charge on any atom is -0.344 e. The van der Waals surface area contributed by atoms with Crippen molar-refractivity contribution in [3.05, 3.63) is 28.2 Å². The van der Waals surface area contributed by atoms with Gasteiger partial charge in [0.25, 0.3) is 5.91 Å². The maximum absolute atomic E-state index is 12.6. The lowest BCUT2D eigenvalue weighted by atomic mass is 10.2. The number of hydrogen-bond donors (Lipinski definition) is 0. The lowest BCUT2D eigenvalue weighted by Crippen LogP contribution is -2.42. The number of anilines is 1. The summed E-state index contributed by atoms with van der Waals surface area (Å²) in [6, 6.07) is 4.36. The first-order chi connectivity index (χ1) is 10.0. The zero-order chi connectivity index (χ0) is 15.1. The van der Waals surface area contributed by atoms with Crippen LogP contribution in [-0.2, 0) is 9.59 Å². The molecular formula is C13H10Cl2N2O2S2. The van der Waals surface area contributed by atoms with E-state index in [-0.39, 0.29) is 23.3 Å². The lowest BCUT2D eigenvalue weighted by Gasteiger charge is -2.23. The van der Waals surface area contributed by atoms with Gasteiger partial charge in [0, 0.05) is 12.3 Å². The van der Waals surface area contributed by atoms with Crippen LogP contribution in [0.4, 0.5) is 5.69 Å². The van der Waals surface area contributed by atoms with Gasteiger partial charge in [0.2, 0.25) is 5.91 Å². The molecule has 110 valence electrons. The molecule has 0 bridgehead atoms. The Balaban J connectivity index is 1.94. The second-order valence-electron chi connectivity index (χ2n) is 4.67. The summed E-state index contributed by atoms with van der Waals surface area (Å²) in [5, 5.41) is 0.519. The molecule has 4 nitrogen and oxygen atoms in total. The van der Waals surface area contributed by atoms with Crippen molar-refractivity contribution >= 4 is 69.0 Å². The fourth-order valence-corrected chi connectivity index (χ4v) is 4.16. The van der Waals surface area contributed by atoms with Crippen LogP contribution in [0.15, 0.2) is 18.2 Å². The third kappa shape index (κ3) is 2.54. The van der Waals surface area contributed by atoms with E-state index in [0.29, 0.717) is 21.6 Å². The van der Waals surface area contributed by atoms with Gasteiger partial charge in [-0.1, -0.05) is 53.2 Å². The average molecular weight is 361 g/mol. The number of carbonyl (C=O) groups is 2. The Bertz CT molecular complexity index is 653. The number of hydrogen-bond acceptors (Lipinski definition) is 4. The third-order valence-corrected chi connectivity index (χ3v) is 5.73. The van der Waals surface area contributed by atoms with Gasteiger partial charge in [0.1, 0.15) is 10.4 Å². The number of benzene rings is 1. The molecule has 0 spiro atoms. The number of amides is 2. The van der Waals surface area contributed by atoms with Gasteiger partial charge < -0.3 is 4.90 Å². The normalized spacial score (nSPS) is 22.6. The van der Waals surface area contributed by atoms with E-state index in [9.17, 15) is 9.59 Å². The van der Waals surface area contributed by atoms with Crippen molar-refractivity contribution in [2.75, 3.05) is 17.2 Å². The Kier molecular flexibility index (Phi) is 4.14.